The number of anilines is 3. The molecular formula is C26H30N6O. The van der Waals surface area contributed by atoms with Crippen LogP contribution < -0.4 is 15.8 Å². The summed E-state index contributed by atoms with van der Waals surface area (Å²) in [6.45, 7) is 6.00. The van der Waals surface area contributed by atoms with Gasteiger partial charge in [0.1, 0.15) is 5.65 Å². The van der Waals surface area contributed by atoms with E-state index >= 15 is 0 Å². The van der Waals surface area contributed by atoms with E-state index in [-0.39, 0.29) is 11.6 Å². The van der Waals surface area contributed by atoms with Gasteiger partial charge in [-0.05, 0) is 57.1 Å². The van der Waals surface area contributed by atoms with Crippen LogP contribution in [0, 0.1) is 11.8 Å². The first-order valence-corrected chi connectivity index (χ1v) is 11.8. The highest BCUT2D eigenvalue weighted by atomic mass is 16.1. The van der Waals surface area contributed by atoms with E-state index in [0.29, 0.717) is 17.2 Å². The maximum absolute atomic E-state index is 13.2. The molecule has 3 heterocycles. The summed E-state index contributed by atoms with van der Waals surface area (Å²) in [5, 5.41) is 4.16. The van der Waals surface area contributed by atoms with Crippen LogP contribution in [0.15, 0.2) is 41.3 Å². The lowest BCUT2D eigenvalue weighted by molar-refractivity contribution is 0.313. The fraction of sp³-hybridized carbons (Fsp3) is 0.423. The maximum atomic E-state index is 13.2. The number of aromatic nitrogens is 3. The second kappa shape index (κ2) is 9.24. The van der Waals surface area contributed by atoms with Crippen molar-refractivity contribution in [2.45, 2.75) is 38.6 Å². The van der Waals surface area contributed by atoms with Crippen LogP contribution in [-0.2, 0) is 0 Å². The van der Waals surface area contributed by atoms with Crippen LogP contribution in [0.2, 0.25) is 0 Å². The standard InChI is InChI=1S/C26H30N6O/c1-3-6-19-17-20-18-27-26(29-24(20)32(25(19)33)23-7-4-5-8-23)28-21-9-11-22(12-10-21)31-15-13-30(2)14-16-31/h9-12,17-18,23H,4-5,7-8,13-16H2,1-2H3,(H,27,28,29). The topological polar surface area (TPSA) is 66.3 Å². The lowest BCUT2D eigenvalue weighted by Crippen LogP contribution is -2.44. The summed E-state index contributed by atoms with van der Waals surface area (Å²) in [4.78, 5) is 27.3. The van der Waals surface area contributed by atoms with Crippen LogP contribution in [0.5, 0.6) is 0 Å². The third kappa shape index (κ3) is 4.44. The normalized spacial score (nSPS) is 17.2. The Kier molecular flexibility index (Phi) is 6.01. The Bertz CT molecular complexity index is 1260. The molecule has 2 fully saturated rings. The molecule has 2 aromatic heterocycles. The zero-order chi connectivity index (χ0) is 22.8. The van der Waals surface area contributed by atoms with Gasteiger partial charge in [0, 0.05) is 55.2 Å². The van der Waals surface area contributed by atoms with Crippen molar-refractivity contribution in [2.24, 2.45) is 0 Å². The van der Waals surface area contributed by atoms with Gasteiger partial charge in [0.15, 0.2) is 0 Å². The number of nitrogens with zero attached hydrogens (tertiary/aromatic N) is 5. The quantitative estimate of drug-likeness (QED) is 0.621. The van der Waals surface area contributed by atoms with Crippen molar-refractivity contribution in [1.29, 1.82) is 0 Å². The molecule has 1 aromatic carbocycles. The van der Waals surface area contributed by atoms with Crippen LogP contribution in [0.1, 0.15) is 44.2 Å². The summed E-state index contributed by atoms with van der Waals surface area (Å²) in [5.74, 6) is 6.31. The Morgan fingerprint density at radius 2 is 1.79 bits per heavy atom. The minimum absolute atomic E-state index is 0.0510. The molecule has 1 aliphatic carbocycles. The molecule has 2 aliphatic rings. The lowest BCUT2D eigenvalue weighted by atomic mass is 10.1. The zero-order valence-electron chi connectivity index (χ0n) is 19.3. The van der Waals surface area contributed by atoms with E-state index in [0.717, 1.165) is 62.9 Å². The molecule has 1 aliphatic heterocycles. The third-order valence-electron chi connectivity index (χ3n) is 6.71. The first-order chi connectivity index (χ1) is 16.1. The molecule has 1 N–H and O–H groups in total. The molecule has 0 radical (unpaired) electrons. The minimum atomic E-state index is -0.0510. The predicted octanol–water partition coefficient (Wildman–Crippen LogP) is 3.77. The Morgan fingerprint density at radius 1 is 1.06 bits per heavy atom. The van der Waals surface area contributed by atoms with Gasteiger partial charge in [-0.3, -0.25) is 9.36 Å². The smallest absolute Gasteiger partial charge is 0.268 e. The molecule has 0 bridgehead atoms. The van der Waals surface area contributed by atoms with Crippen molar-refractivity contribution in [1.82, 2.24) is 19.4 Å². The minimum Gasteiger partial charge on any atom is -0.369 e. The summed E-state index contributed by atoms with van der Waals surface area (Å²) in [5.41, 5.74) is 3.30. The first-order valence-electron chi connectivity index (χ1n) is 11.8. The van der Waals surface area contributed by atoms with Gasteiger partial charge < -0.3 is 15.1 Å². The Balaban J connectivity index is 1.44. The number of hydrogen-bond donors (Lipinski definition) is 1. The molecule has 0 amide bonds. The average Bonchev–Trinajstić information content (AvgIpc) is 3.35. The molecule has 0 unspecified atom stereocenters. The maximum Gasteiger partial charge on any atom is 0.268 e. The highest BCUT2D eigenvalue weighted by Gasteiger charge is 2.22. The summed E-state index contributed by atoms with van der Waals surface area (Å²) >= 11 is 0. The monoisotopic (exact) mass is 442 g/mol. The highest BCUT2D eigenvalue weighted by molar-refractivity contribution is 5.77. The van der Waals surface area contributed by atoms with Gasteiger partial charge in [-0.1, -0.05) is 18.8 Å². The van der Waals surface area contributed by atoms with E-state index in [1.807, 2.05) is 10.6 Å². The number of nitrogens with one attached hydrogen (secondary N) is 1. The molecule has 5 rings (SSSR count). The molecule has 0 atom stereocenters. The molecule has 1 saturated heterocycles. The number of rotatable bonds is 4. The van der Waals surface area contributed by atoms with Crippen molar-refractivity contribution in [3.05, 3.63) is 52.4 Å². The third-order valence-corrected chi connectivity index (χ3v) is 6.71. The molecular weight excluding hydrogens is 412 g/mol. The van der Waals surface area contributed by atoms with E-state index in [1.54, 1.807) is 13.1 Å². The Hall–Kier alpha value is -3.37. The van der Waals surface area contributed by atoms with Gasteiger partial charge in [-0.15, -0.1) is 5.92 Å². The Morgan fingerprint density at radius 3 is 2.48 bits per heavy atom. The van der Waals surface area contributed by atoms with E-state index in [2.05, 4.69) is 63.3 Å². The number of pyridine rings is 1. The van der Waals surface area contributed by atoms with Crippen LogP contribution in [0.3, 0.4) is 0 Å². The number of fused-ring (bicyclic) bond motifs is 1. The molecule has 170 valence electrons. The average molecular weight is 443 g/mol. The van der Waals surface area contributed by atoms with Crippen LogP contribution in [0.25, 0.3) is 11.0 Å². The van der Waals surface area contributed by atoms with Crippen LogP contribution >= 0.6 is 0 Å². The van der Waals surface area contributed by atoms with Gasteiger partial charge in [-0.25, -0.2) is 4.98 Å². The SMILES string of the molecule is CC#Cc1cc2cnc(Nc3ccc(N4CCN(C)CC4)cc3)nc2n(C2CCCC2)c1=O. The number of likely N-dealkylation sites (N-methyl/N-ethyl adjacent to an activating group) is 1. The summed E-state index contributed by atoms with van der Waals surface area (Å²) in [6.07, 6.45) is 6.06. The fourth-order valence-electron chi connectivity index (χ4n) is 4.86. The summed E-state index contributed by atoms with van der Waals surface area (Å²) in [6, 6.07) is 10.4. The van der Waals surface area contributed by atoms with E-state index in [4.69, 9.17) is 4.98 Å². The van der Waals surface area contributed by atoms with Crippen molar-refractivity contribution < 1.29 is 0 Å². The number of benzene rings is 1. The summed E-state index contributed by atoms with van der Waals surface area (Å²) in [7, 11) is 2.16. The molecule has 7 nitrogen and oxygen atoms in total. The van der Waals surface area contributed by atoms with E-state index in [1.165, 1.54) is 5.69 Å². The van der Waals surface area contributed by atoms with Crippen molar-refractivity contribution >= 4 is 28.4 Å². The molecule has 0 spiro atoms. The second-order valence-corrected chi connectivity index (χ2v) is 8.98. The number of hydrogen-bond acceptors (Lipinski definition) is 6. The van der Waals surface area contributed by atoms with Gasteiger partial charge >= 0.3 is 0 Å². The van der Waals surface area contributed by atoms with Gasteiger partial charge in [0.25, 0.3) is 5.56 Å². The van der Waals surface area contributed by atoms with Crippen molar-refractivity contribution in [3.63, 3.8) is 0 Å². The lowest BCUT2D eigenvalue weighted by Gasteiger charge is -2.34. The largest absolute Gasteiger partial charge is 0.369 e. The summed E-state index contributed by atoms with van der Waals surface area (Å²) < 4.78 is 1.85. The number of piperazine rings is 1. The Labute approximate surface area is 194 Å². The second-order valence-electron chi connectivity index (χ2n) is 8.98. The fourth-order valence-corrected chi connectivity index (χ4v) is 4.86. The molecule has 7 heteroatoms. The first kappa shape index (κ1) is 21.5. The van der Waals surface area contributed by atoms with Crippen molar-refractivity contribution in [2.75, 3.05) is 43.4 Å². The molecule has 3 aromatic rings. The highest BCUT2D eigenvalue weighted by Crippen LogP contribution is 2.31. The van der Waals surface area contributed by atoms with Gasteiger partial charge in [0.05, 0.1) is 5.56 Å². The van der Waals surface area contributed by atoms with Gasteiger partial charge in [-0.2, -0.15) is 4.98 Å². The van der Waals surface area contributed by atoms with Gasteiger partial charge in [0.2, 0.25) is 5.95 Å². The van der Waals surface area contributed by atoms with E-state index in [9.17, 15) is 4.79 Å². The van der Waals surface area contributed by atoms with Crippen LogP contribution in [-0.4, -0.2) is 52.7 Å². The molecule has 33 heavy (non-hydrogen) atoms. The van der Waals surface area contributed by atoms with E-state index < -0.39 is 0 Å². The van der Waals surface area contributed by atoms with Crippen molar-refractivity contribution in [3.8, 4) is 11.8 Å². The van der Waals surface area contributed by atoms with Crippen LogP contribution in [0.4, 0.5) is 17.3 Å². The predicted molar refractivity (Wildman–Crippen MR) is 133 cm³/mol. The zero-order valence-corrected chi connectivity index (χ0v) is 19.3. The molecule has 1 saturated carbocycles.